The maximum atomic E-state index is 11.5. The van der Waals surface area contributed by atoms with E-state index in [0.717, 1.165) is 0 Å². The summed E-state index contributed by atoms with van der Waals surface area (Å²) in [7, 11) is 0. The molecule has 0 aromatic rings. The fourth-order valence-electron chi connectivity index (χ4n) is 1.29. The van der Waals surface area contributed by atoms with Gasteiger partial charge in [0.25, 0.3) is 0 Å². The molecular formula is C14H28N4O3. The van der Waals surface area contributed by atoms with Gasteiger partial charge in [-0.25, -0.2) is 0 Å². The Morgan fingerprint density at radius 3 is 1.52 bits per heavy atom. The lowest BCUT2D eigenvalue weighted by Crippen LogP contribution is -2.48. The molecule has 0 saturated heterocycles. The second-order valence-corrected chi connectivity index (χ2v) is 6.96. The summed E-state index contributed by atoms with van der Waals surface area (Å²) in [6.45, 7) is 11.3. The maximum absolute atomic E-state index is 11.5. The standard InChI is InChI=1S/C14H28N4O3/c1-13(2,3)17-9-11(20)15-7-10(19)16-8-12(21)18-14(4,5)6/h17H,7-9H2,1-6H3,(H,15,20)(H,16,19)(H,18,21). The van der Waals surface area contributed by atoms with Gasteiger partial charge in [0.15, 0.2) is 0 Å². The number of carbonyl (C=O) groups excluding carboxylic acids is 3. The number of amides is 3. The van der Waals surface area contributed by atoms with Gasteiger partial charge in [-0.15, -0.1) is 0 Å². The highest BCUT2D eigenvalue weighted by Gasteiger charge is 2.15. The Kier molecular flexibility index (Phi) is 7.35. The smallest absolute Gasteiger partial charge is 0.239 e. The zero-order valence-electron chi connectivity index (χ0n) is 13.8. The van der Waals surface area contributed by atoms with Gasteiger partial charge in [-0.2, -0.15) is 0 Å². The molecule has 0 aliphatic rings. The van der Waals surface area contributed by atoms with Crippen LogP contribution in [-0.2, 0) is 14.4 Å². The van der Waals surface area contributed by atoms with Crippen LogP contribution in [0.3, 0.4) is 0 Å². The van der Waals surface area contributed by atoms with Crippen LogP contribution in [-0.4, -0.2) is 48.4 Å². The van der Waals surface area contributed by atoms with Crippen molar-refractivity contribution in [3.63, 3.8) is 0 Å². The van der Waals surface area contributed by atoms with Crippen molar-refractivity contribution in [3.05, 3.63) is 0 Å². The van der Waals surface area contributed by atoms with Gasteiger partial charge in [-0.3, -0.25) is 14.4 Å². The maximum Gasteiger partial charge on any atom is 0.239 e. The summed E-state index contributed by atoms with van der Waals surface area (Å²) in [6, 6.07) is 0. The van der Waals surface area contributed by atoms with Crippen LogP contribution in [0.4, 0.5) is 0 Å². The number of carbonyl (C=O) groups is 3. The molecule has 0 rings (SSSR count). The highest BCUT2D eigenvalue weighted by Crippen LogP contribution is 1.97. The Bertz CT molecular complexity index is 381. The summed E-state index contributed by atoms with van der Waals surface area (Å²) in [6.07, 6.45) is 0. The van der Waals surface area contributed by atoms with Gasteiger partial charge in [0, 0.05) is 11.1 Å². The molecule has 7 nitrogen and oxygen atoms in total. The first-order valence-electron chi connectivity index (χ1n) is 6.98. The summed E-state index contributed by atoms with van der Waals surface area (Å²) in [5.74, 6) is -0.932. The van der Waals surface area contributed by atoms with Crippen LogP contribution in [0.15, 0.2) is 0 Å². The molecule has 0 heterocycles. The van der Waals surface area contributed by atoms with Gasteiger partial charge in [0.2, 0.25) is 17.7 Å². The third-order valence-electron chi connectivity index (χ3n) is 2.19. The second-order valence-electron chi connectivity index (χ2n) is 6.96. The van der Waals surface area contributed by atoms with Crippen molar-refractivity contribution in [2.75, 3.05) is 19.6 Å². The second kappa shape index (κ2) is 7.97. The predicted octanol–water partition coefficient (Wildman–Crippen LogP) is -0.478. The molecule has 0 radical (unpaired) electrons. The Hall–Kier alpha value is -1.63. The number of hydrogen-bond donors (Lipinski definition) is 4. The SMILES string of the molecule is CC(C)(C)NCC(=O)NCC(=O)NCC(=O)NC(C)(C)C. The molecule has 122 valence electrons. The van der Waals surface area contributed by atoms with Crippen LogP contribution in [0.5, 0.6) is 0 Å². The minimum atomic E-state index is -0.400. The van der Waals surface area contributed by atoms with E-state index in [2.05, 4.69) is 21.3 Å². The average molecular weight is 300 g/mol. The Balaban J connectivity index is 3.86. The van der Waals surface area contributed by atoms with E-state index in [-0.39, 0.29) is 42.5 Å². The monoisotopic (exact) mass is 300 g/mol. The largest absolute Gasteiger partial charge is 0.350 e. The molecular weight excluding hydrogens is 272 g/mol. The van der Waals surface area contributed by atoms with E-state index in [1.54, 1.807) is 0 Å². The van der Waals surface area contributed by atoms with Crippen molar-refractivity contribution < 1.29 is 14.4 Å². The van der Waals surface area contributed by atoms with Gasteiger partial charge >= 0.3 is 0 Å². The van der Waals surface area contributed by atoms with E-state index in [1.807, 2.05) is 41.5 Å². The third-order valence-corrected chi connectivity index (χ3v) is 2.19. The highest BCUT2D eigenvalue weighted by molar-refractivity contribution is 5.88. The van der Waals surface area contributed by atoms with Crippen molar-refractivity contribution in [3.8, 4) is 0 Å². The first-order chi connectivity index (χ1) is 9.39. The van der Waals surface area contributed by atoms with E-state index in [1.165, 1.54) is 0 Å². The van der Waals surface area contributed by atoms with E-state index in [4.69, 9.17) is 0 Å². The zero-order chi connectivity index (χ0) is 16.7. The molecule has 3 amide bonds. The number of nitrogens with one attached hydrogen (secondary N) is 4. The highest BCUT2D eigenvalue weighted by atomic mass is 16.2. The summed E-state index contributed by atoms with van der Waals surface area (Å²) in [4.78, 5) is 34.5. The van der Waals surface area contributed by atoms with Crippen LogP contribution in [0.25, 0.3) is 0 Å². The van der Waals surface area contributed by atoms with Crippen LogP contribution in [0.1, 0.15) is 41.5 Å². The molecule has 0 spiro atoms. The van der Waals surface area contributed by atoms with Gasteiger partial charge in [0.1, 0.15) is 0 Å². The lowest BCUT2D eigenvalue weighted by molar-refractivity contribution is -0.128. The van der Waals surface area contributed by atoms with E-state index in [9.17, 15) is 14.4 Å². The summed E-state index contributed by atoms with van der Waals surface area (Å²) >= 11 is 0. The van der Waals surface area contributed by atoms with Crippen molar-refractivity contribution in [1.82, 2.24) is 21.3 Å². The van der Waals surface area contributed by atoms with Crippen molar-refractivity contribution in [2.45, 2.75) is 52.6 Å². The molecule has 4 N–H and O–H groups in total. The topological polar surface area (TPSA) is 99.3 Å². The van der Waals surface area contributed by atoms with Crippen LogP contribution in [0, 0.1) is 0 Å². The Morgan fingerprint density at radius 1 is 0.667 bits per heavy atom. The molecule has 0 aliphatic carbocycles. The van der Waals surface area contributed by atoms with E-state index >= 15 is 0 Å². The van der Waals surface area contributed by atoms with Gasteiger partial charge in [0.05, 0.1) is 19.6 Å². The molecule has 0 atom stereocenters. The van der Waals surface area contributed by atoms with Gasteiger partial charge < -0.3 is 21.3 Å². The third kappa shape index (κ3) is 13.1. The molecule has 0 aliphatic heterocycles. The van der Waals surface area contributed by atoms with Crippen molar-refractivity contribution in [1.29, 1.82) is 0 Å². The molecule has 0 fully saturated rings. The Morgan fingerprint density at radius 2 is 1.10 bits per heavy atom. The quantitative estimate of drug-likeness (QED) is 0.532. The molecule has 7 heteroatoms. The Labute approximate surface area is 126 Å². The lowest BCUT2D eigenvalue weighted by atomic mass is 10.1. The summed E-state index contributed by atoms with van der Waals surface area (Å²) in [5.41, 5.74) is -0.501. The van der Waals surface area contributed by atoms with E-state index < -0.39 is 5.91 Å². The average Bonchev–Trinajstić information content (AvgIpc) is 2.28. The zero-order valence-corrected chi connectivity index (χ0v) is 13.8. The fraction of sp³-hybridized carbons (Fsp3) is 0.786. The predicted molar refractivity (Wildman–Crippen MR) is 81.7 cm³/mol. The summed E-state index contributed by atoms with van der Waals surface area (Å²) < 4.78 is 0. The summed E-state index contributed by atoms with van der Waals surface area (Å²) in [5, 5.41) is 10.7. The first-order valence-corrected chi connectivity index (χ1v) is 6.98. The number of rotatable bonds is 6. The molecule has 0 aromatic heterocycles. The fourth-order valence-corrected chi connectivity index (χ4v) is 1.29. The van der Waals surface area contributed by atoms with Gasteiger partial charge in [-0.05, 0) is 41.5 Å². The first kappa shape index (κ1) is 19.4. The van der Waals surface area contributed by atoms with Crippen LogP contribution >= 0.6 is 0 Å². The molecule has 0 aromatic carbocycles. The minimum Gasteiger partial charge on any atom is -0.350 e. The van der Waals surface area contributed by atoms with Crippen molar-refractivity contribution in [2.24, 2.45) is 0 Å². The van der Waals surface area contributed by atoms with Gasteiger partial charge in [-0.1, -0.05) is 0 Å². The van der Waals surface area contributed by atoms with Crippen molar-refractivity contribution >= 4 is 17.7 Å². The van der Waals surface area contributed by atoms with Crippen LogP contribution in [0.2, 0.25) is 0 Å². The lowest BCUT2D eigenvalue weighted by Gasteiger charge is -2.21. The van der Waals surface area contributed by atoms with E-state index in [0.29, 0.717) is 0 Å². The molecule has 0 unspecified atom stereocenters. The molecule has 0 bridgehead atoms. The molecule has 0 saturated carbocycles. The normalized spacial score (nSPS) is 11.7. The number of hydrogen-bond acceptors (Lipinski definition) is 4. The minimum absolute atomic E-state index is 0.105. The van der Waals surface area contributed by atoms with Crippen LogP contribution < -0.4 is 21.3 Å². The molecule has 21 heavy (non-hydrogen) atoms.